The van der Waals surface area contributed by atoms with Crippen molar-refractivity contribution in [3.8, 4) is 23.0 Å². The number of benzene rings is 2. The van der Waals surface area contributed by atoms with Crippen molar-refractivity contribution < 1.29 is 33.6 Å². The SMILES string of the molecule is COc1cc(C(=O)O)ccc1CCNC(=O)c1cc(OC)c2c(c1)OCCO2. The van der Waals surface area contributed by atoms with Gasteiger partial charge >= 0.3 is 5.97 Å². The van der Waals surface area contributed by atoms with Crippen molar-refractivity contribution in [2.75, 3.05) is 34.0 Å². The van der Waals surface area contributed by atoms with Crippen LogP contribution in [0.2, 0.25) is 0 Å². The summed E-state index contributed by atoms with van der Waals surface area (Å²) in [5.41, 5.74) is 1.34. The van der Waals surface area contributed by atoms with Crippen LogP contribution in [0.15, 0.2) is 30.3 Å². The molecule has 2 aromatic carbocycles. The van der Waals surface area contributed by atoms with Crippen LogP contribution in [0.25, 0.3) is 0 Å². The van der Waals surface area contributed by atoms with E-state index in [-0.39, 0.29) is 11.5 Å². The topological polar surface area (TPSA) is 103 Å². The van der Waals surface area contributed by atoms with Crippen molar-refractivity contribution in [3.63, 3.8) is 0 Å². The Labute approximate surface area is 162 Å². The van der Waals surface area contributed by atoms with Crippen molar-refractivity contribution >= 4 is 11.9 Å². The first-order valence-corrected chi connectivity index (χ1v) is 8.69. The molecule has 28 heavy (non-hydrogen) atoms. The van der Waals surface area contributed by atoms with Crippen molar-refractivity contribution in [1.82, 2.24) is 5.32 Å². The van der Waals surface area contributed by atoms with Gasteiger partial charge in [-0.3, -0.25) is 4.79 Å². The summed E-state index contributed by atoms with van der Waals surface area (Å²) in [6.07, 6.45) is 0.483. The fourth-order valence-electron chi connectivity index (χ4n) is 2.90. The molecule has 1 aliphatic heterocycles. The minimum Gasteiger partial charge on any atom is -0.496 e. The number of carboxylic acids is 1. The van der Waals surface area contributed by atoms with Gasteiger partial charge in [-0.15, -0.1) is 0 Å². The third-order valence-electron chi connectivity index (χ3n) is 4.30. The number of nitrogens with one attached hydrogen (secondary N) is 1. The molecule has 2 aromatic rings. The second kappa shape index (κ2) is 8.51. The number of carboxylic acid groups (broad SMARTS) is 1. The molecule has 1 amide bonds. The van der Waals surface area contributed by atoms with Crippen LogP contribution in [0.1, 0.15) is 26.3 Å². The second-order valence-corrected chi connectivity index (χ2v) is 6.04. The molecule has 1 heterocycles. The summed E-state index contributed by atoms with van der Waals surface area (Å²) in [6, 6.07) is 7.88. The number of hydrogen-bond acceptors (Lipinski definition) is 6. The van der Waals surface area contributed by atoms with Gasteiger partial charge in [0.05, 0.1) is 19.8 Å². The fourth-order valence-corrected chi connectivity index (χ4v) is 2.90. The maximum absolute atomic E-state index is 12.5. The summed E-state index contributed by atoms with van der Waals surface area (Å²) in [5.74, 6) is 0.570. The third kappa shape index (κ3) is 4.11. The average Bonchev–Trinajstić information content (AvgIpc) is 2.72. The highest BCUT2D eigenvalue weighted by Gasteiger charge is 2.21. The largest absolute Gasteiger partial charge is 0.496 e. The van der Waals surface area contributed by atoms with Crippen LogP contribution in [-0.4, -0.2) is 51.0 Å². The van der Waals surface area contributed by atoms with Gasteiger partial charge in [0.2, 0.25) is 5.75 Å². The van der Waals surface area contributed by atoms with E-state index in [1.807, 2.05) is 0 Å². The van der Waals surface area contributed by atoms with E-state index in [2.05, 4.69) is 5.32 Å². The van der Waals surface area contributed by atoms with Crippen molar-refractivity contribution in [2.45, 2.75) is 6.42 Å². The zero-order valence-electron chi connectivity index (χ0n) is 15.6. The lowest BCUT2D eigenvalue weighted by Crippen LogP contribution is -2.26. The molecule has 148 valence electrons. The Kier molecular flexibility index (Phi) is 5.88. The average molecular weight is 387 g/mol. The summed E-state index contributed by atoms with van der Waals surface area (Å²) < 4.78 is 21.6. The van der Waals surface area contributed by atoms with Crippen LogP contribution in [0.5, 0.6) is 23.0 Å². The van der Waals surface area contributed by atoms with Gasteiger partial charge in [-0.25, -0.2) is 4.79 Å². The molecular formula is C20H21NO7. The van der Waals surface area contributed by atoms with E-state index in [4.69, 9.17) is 24.1 Å². The first-order valence-electron chi connectivity index (χ1n) is 8.69. The smallest absolute Gasteiger partial charge is 0.335 e. The van der Waals surface area contributed by atoms with Gasteiger partial charge in [0.1, 0.15) is 19.0 Å². The van der Waals surface area contributed by atoms with Gasteiger partial charge in [-0.1, -0.05) is 6.07 Å². The molecule has 0 saturated heterocycles. The highest BCUT2D eigenvalue weighted by Crippen LogP contribution is 2.40. The summed E-state index contributed by atoms with van der Waals surface area (Å²) >= 11 is 0. The highest BCUT2D eigenvalue weighted by molar-refractivity contribution is 5.95. The molecule has 0 aromatic heterocycles. The maximum Gasteiger partial charge on any atom is 0.335 e. The van der Waals surface area contributed by atoms with Gasteiger partial charge < -0.3 is 29.4 Å². The number of aromatic carboxylic acids is 1. The van der Waals surface area contributed by atoms with Crippen molar-refractivity contribution in [3.05, 3.63) is 47.0 Å². The molecule has 0 aliphatic carbocycles. The normalized spacial score (nSPS) is 12.2. The summed E-state index contributed by atoms with van der Waals surface area (Å²) in [6.45, 7) is 1.18. The van der Waals surface area contributed by atoms with E-state index in [1.165, 1.54) is 26.4 Å². The van der Waals surface area contributed by atoms with E-state index in [9.17, 15) is 9.59 Å². The van der Waals surface area contributed by atoms with Gasteiger partial charge in [0.25, 0.3) is 5.91 Å². The highest BCUT2D eigenvalue weighted by atomic mass is 16.6. The second-order valence-electron chi connectivity index (χ2n) is 6.04. The summed E-state index contributed by atoms with van der Waals surface area (Å²) in [5, 5.41) is 11.9. The Morgan fingerprint density at radius 3 is 2.46 bits per heavy atom. The predicted molar refractivity (Wildman–Crippen MR) is 100.0 cm³/mol. The van der Waals surface area contributed by atoms with Crippen LogP contribution in [-0.2, 0) is 6.42 Å². The maximum atomic E-state index is 12.5. The molecule has 2 N–H and O–H groups in total. The number of hydrogen-bond donors (Lipinski definition) is 2. The number of amides is 1. The molecule has 8 heteroatoms. The number of carbonyl (C=O) groups is 2. The molecule has 1 aliphatic rings. The minimum absolute atomic E-state index is 0.146. The molecule has 0 radical (unpaired) electrons. The van der Waals surface area contributed by atoms with Crippen LogP contribution in [0.4, 0.5) is 0 Å². The first kappa shape index (κ1) is 19.3. The van der Waals surface area contributed by atoms with Gasteiger partial charge in [-0.05, 0) is 36.2 Å². The number of carbonyl (C=O) groups excluding carboxylic acids is 1. The minimum atomic E-state index is -1.02. The fraction of sp³-hybridized carbons (Fsp3) is 0.300. The zero-order chi connectivity index (χ0) is 20.1. The van der Waals surface area contributed by atoms with Gasteiger partial charge in [-0.2, -0.15) is 0 Å². The molecule has 3 rings (SSSR count). The van der Waals surface area contributed by atoms with Crippen LogP contribution in [0, 0.1) is 0 Å². The monoisotopic (exact) mass is 387 g/mol. The first-order chi connectivity index (χ1) is 13.5. The lowest BCUT2D eigenvalue weighted by atomic mass is 10.1. The Morgan fingerprint density at radius 2 is 1.75 bits per heavy atom. The molecule has 0 spiro atoms. The van der Waals surface area contributed by atoms with Crippen LogP contribution < -0.4 is 24.3 Å². The lowest BCUT2D eigenvalue weighted by molar-refractivity contribution is 0.0696. The molecule has 8 nitrogen and oxygen atoms in total. The standard InChI is InChI=1S/C20H21NO7/c1-25-15-9-13(20(23)24)4-3-12(15)5-6-21-19(22)14-10-16(26-2)18-17(11-14)27-7-8-28-18/h3-4,9-11H,5-8H2,1-2H3,(H,21,22)(H,23,24). The molecule has 0 bridgehead atoms. The molecular weight excluding hydrogens is 366 g/mol. The Balaban J connectivity index is 1.67. The molecule has 0 fully saturated rings. The van der Waals surface area contributed by atoms with Crippen LogP contribution in [0.3, 0.4) is 0 Å². The van der Waals surface area contributed by atoms with Crippen molar-refractivity contribution in [1.29, 1.82) is 0 Å². The number of rotatable bonds is 7. The molecule has 0 unspecified atom stereocenters. The van der Waals surface area contributed by atoms with E-state index in [0.717, 1.165) is 5.56 Å². The number of ether oxygens (including phenoxy) is 4. The van der Waals surface area contributed by atoms with Gasteiger partial charge in [0.15, 0.2) is 11.5 Å². The molecule has 0 saturated carbocycles. The quantitative estimate of drug-likeness (QED) is 0.750. The third-order valence-corrected chi connectivity index (χ3v) is 4.30. The summed E-state index contributed by atoms with van der Waals surface area (Å²) in [7, 11) is 2.98. The Bertz CT molecular complexity index is 877. The van der Waals surface area contributed by atoms with E-state index < -0.39 is 5.97 Å². The van der Waals surface area contributed by atoms with Crippen molar-refractivity contribution in [2.24, 2.45) is 0 Å². The zero-order valence-corrected chi connectivity index (χ0v) is 15.6. The Hall–Kier alpha value is -3.42. The predicted octanol–water partition coefficient (Wildman–Crippen LogP) is 2.15. The van der Waals surface area contributed by atoms with E-state index >= 15 is 0 Å². The number of fused-ring (bicyclic) bond motifs is 1. The van der Waals surface area contributed by atoms with E-state index in [0.29, 0.717) is 54.7 Å². The summed E-state index contributed by atoms with van der Waals surface area (Å²) in [4.78, 5) is 23.6. The number of methoxy groups -OCH3 is 2. The van der Waals surface area contributed by atoms with E-state index in [1.54, 1.807) is 18.2 Å². The van der Waals surface area contributed by atoms with Gasteiger partial charge in [0, 0.05) is 12.1 Å². The Morgan fingerprint density at radius 1 is 1.04 bits per heavy atom. The van der Waals surface area contributed by atoms with Crippen LogP contribution >= 0.6 is 0 Å². The lowest BCUT2D eigenvalue weighted by Gasteiger charge is -2.21. The molecule has 0 atom stereocenters.